The van der Waals surface area contributed by atoms with Crippen molar-refractivity contribution in [1.29, 1.82) is 0 Å². The highest BCUT2D eigenvalue weighted by atomic mass is 32.2. The molecule has 0 spiro atoms. The van der Waals surface area contributed by atoms with Crippen LogP contribution in [0, 0.1) is 0 Å². The largest absolute Gasteiger partial charge is 0.351 e. The predicted octanol–water partition coefficient (Wildman–Crippen LogP) is 2.39. The third kappa shape index (κ3) is 3.99. The summed E-state index contributed by atoms with van der Waals surface area (Å²) < 4.78 is 29.5. The molecule has 1 aromatic heterocycles. The van der Waals surface area contributed by atoms with Crippen molar-refractivity contribution < 1.29 is 13.2 Å². The van der Waals surface area contributed by atoms with Gasteiger partial charge < -0.3 is 14.8 Å². The van der Waals surface area contributed by atoms with Crippen LogP contribution in [0.25, 0.3) is 10.9 Å². The van der Waals surface area contributed by atoms with Gasteiger partial charge in [0.2, 0.25) is 10.0 Å². The van der Waals surface area contributed by atoms with Crippen molar-refractivity contribution >= 4 is 27.0 Å². The second-order valence-corrected chi connectivity index (χ2v) is 9.12. The molecule has 2 heterocycles. The van der Waals surface area contributed by atoms with E-state index in [-0.39, 0.29) is 24.0 Å². The van der Waals surface area contributed by atoms with E-state index in [1.807, 2.05) is 60.3 Å². The van der Waals surface area contributed by atoms with E-state index < -0.39 is 10.0 Å². The summed E-state index contributed by atoms with van der Waals surface area (Å²) in [6.45, 7) is 1.76. The fourth-order valence-corrected chi connectivity index (χ4v) is 5.04. The number of urea groups is 1. The molecule has 29 heavy (non-hydrogen) atoms. The van der Waals surface area contributed by atoms with E-state index in [4.69, 9.17) is 0 Å². The van der Waals surface area contributed by atoms with Gasteiger partial charge in [0.1, 0.15) is 0 Å². The zero-order valence-corrected chi connectivity index (χ0v) is 17.1. The summed E-state index contributed by atoms with van der Waals surface area (Å²) >= 11 is 0. The Bertz CT molecular complexity index is 1120. The van der Waals surface area contributed by atoms with E-state index in [2.05, 4.69) is 5.32 Å². The highest BCUT2D eigenvalue weighted by molar-refractivity contribution is 7.89. The van der Waals surface area contributed by atoms with Gasteiger partial charge in [0.25, 0.3) is 0 Å². The highest BCUT2D eigenvalue weighted by Gasteiger charge is 2.30. The van der Waals surface area contributed by atoms with Crippen molar-refractivity contribution in [3.63, 3.8) is 0 Å². The van der Waals surface area contributed by atoms with Crippen molar-refractivity contribution in [2.45, 2.75) is 11.4 Å². The molecule has 8 heteroatoms. The molecule has 0 bridgehead atoms. The number of hydrogen-bond acceptors (Lipinski definition) is 3. The Labute approximate surface area is 170 Å². The maximum atomic E-state index is 13.0. The number of hydrogen-bond donors (Lipinski definition) is 1. The molecule has 1 saturated heterocycles. The Morgan fingerprint density at radius 2 is 1.72 bits per heavy atom. The number of aromatic nitrogens is 1. The van der Waals surface area contributed by atoms with Crippen LogP contribution in [-0.2, 0) is 23.6 Å². The molecular formula is C21H24N4O3S. The van der Waals surface area contributed by atoms with E-state index in [0.717, 1.165) is 16.5 Å². The van der Waals surface area contributed by atoms with Gasteiger partial charge in [-0.3, -0.25) is 0 Å². The van der Waals surface area contributed by atoms with Crippen LogP contribution in [0.3, 0.4) is 0 Å². The zero-order valence-electron chi connectivity index (χ0n) is 16.3. The molecule has 3 aromatic rings. The maximum Gasteiger partial charge on any atom is 0.317 e. The first kappa shape index (κ1) is 19.5. The Kier molecular flexibility index (Phi) is 5.29. The molecule has 1 aliphatic heterocycles. The monoisotopic (exact) mass is 412 g/mol. The molecular weight excluding hydrogens is 388 g/mol. The number of carbonyl (C=O) groups is 1. The molecule has 152 valence electrons. The second kappa shape index (κ2) is 7.88. The lowest BCUT2D eigenvalue weighted by molar-refractivity contribution is 0.172. The molecule has 1 aliphatic rings. The van der Waals surface area contributed by atoms with E-state index >= 15 is 0 Å². The zero-order chi connectivity index (χ0) is 20.4. The number of carbonyl (C=O) groups excluding carboxylic acids is 1. The first-order valence-electron chi connectivity index (χ1n) is 9.57. The van der Waals surface area contributed by atoms with Crippen LogP contribution in [0.5, 0.6) is 0 Å². The number of sulfonamides is 1. The maximum absolute atomic E-state index is 13.0. The number of piperazine rings is 1. The molecule has 2 aromatic carbocycles. The lowest BCUT2D eigenvalue weighted by Crippen LogP contribution is -2.52. The van der Waals surface area contributed by atoms with Gasteiger partial charge >= 0.3 is 6.03 Å². The molecule has 0 aliphatic carbocycles. The lowest BCUT2D eigenvalue weighted by Gasteiger charge is -2.34. The number of amides is 2. The minimum atomic E-state index is -3.58. The van der Waals surface area contributed by atoms with Crippen LogP contribution in [0.1, 0.15) is 5.56 Å². The first-order valence-corrected chi connectivity index (χ1v) is 11.0. The van der Waals surface area contributed by atoms with Crippen LogP contribution in [0.15, 0.2) is 65.7 Å². The van der Waals surface area contributed by atoms with Crippen molar-refractivity contribution in [1.82, 2.24) is 19.1 Å². The average Bonchev–Trinajstić information content (AvgIpc) is 3.13. The van der Waals surface area contributed by atoms with Crippen LogP contribution < -0.4 is 5.32 Å². The molecule has 1 fully saturated rings. The number of aryl methyl sites for hydroxylation is 1. The summed E-state index contributed by atoms with van der Waals surface area (Å²) in [4.78, 5) is 14.3. The molecule has 0 saturated carbocycles. The van der Waals surface area contributed by atoms with Crippen LogP contribution in [-0.4, -0.2) is 54.4 Å². The average molecular weight is 413 g/mol. The van der Waals surface area contributed by atoms with Crippen LogP contribution >= 0.6 is 0 Å². The number of fused-ring (bicyclic) bond motifs is 1. The molecule has 0 unspecified atom stereocenters. The Balaban J connectivity index is 1.38. The summed E-state index contributed by atoms with van der Waals surface area (Å²) in [5, 5.41) is 3.79. The van der Waals surface area contributed by atoms with Crippen molar-refractivity contribution in [3.8, 4) is 0 Å². The summed E-state index contributed by atoms with van der Waals surface area (Å²) in [6.07, 6.45) is 1.91. The van der Waals surface area contributed by atoms with Crippen LogP contribution in [0.2, 0.25) is 0 Å². The molecule has 1 N–H and O–H groups in total. The SMILES string of the molecule is Cn1ccc2cc(S(=O)(=O)N3CCN(C(=O)NCc4ccccc4)CC3)ccc21. The fourth-order valence-electron chi connectivity index (χ4n) is 3.59. The van der Waals surface area contributed by atoms with Gasteiger partial charge in [-0.1, -0.05) is 30.3 Å². The van der Waals surface area contributed by atoms with Crippen molar-refractivity contribution in [3.05, 3.63) is 66.4 Å². The third-order valence-corrected chi connectivity index (χ3v) is 7.20. The highest BCUT2D eigenvalue weighted by Crippen LogP contribution is 2.23. The van der Waals surface area contributed by atoms with E-state index in [0.29, 0.717) is 19.6 Å². The first-order chi connectivity index (χ1) is 13.9. The minimum Gasteiger partial charge on any atom is -0.351 e. The Morgan fingerprint density at radius 1 is 1.00 bits per heavy atom. The molecule has 4 rings (SSSR count). The molecule has 0 atom stereocenters. The second-order valence-electron chi connectivity index (χ2n) is 7.18. The van der Waals surface area contributed by atoms with E-state index in [1.165, 1.54) is 4.31 Å². The van der Waals surface area contributed by atoms with Gasteiger partial charge in [-0.2, -0.15) is 4.31 Å². The van der Waals surface area contributed by atoms with Gasteiger partial charge in [-0.15, -0.1) is 0 Å². The van der Waals surface area contributed by atoms with Gasteiger partial charge in [0.05, 0.1) is 4.90 Å². The normalized spacial score (nSPS) is 15.6. The van der Waals surface area contributed by atoms with Crippen molar-refractivity contribution in [2.24, 2.45) is 7.05 Å². The molecule has 2 amide bonds. The van der Waals surface area contributed by atoms with Gasteiger partial charge in [-0.25, -0.2) is 13.2 Å². The van der Waals surface area contributed by atoms with Crippen LogP contribution in [0.4, 0.5) is 4.79 Å². The van der Waals surface area contributed by atoms with Gasteiger partial charge in [-0.05, 0) is 29.8 Å². The van der Waals surface area contributed by atoms with Gasteiger partial charge in [0, 0.05) is 56.9 Å². The fraction of sp³-hybridized carbons (Fsp3) is 0.286. The number of rotatable bonds is 4. The standard InChI is InChI=1S/C21H24N4O3S/c1-23-10-9-18-15-19(7-8-20(18)23)29(27,28)25-13-11-24(12-14-25)21(26)22-16-17-5-3-2-4-6-17/h2-10,15H,11-14,16H2,1H3,(H,22,26). The van der Waals surface area contributed by atoms with Crippen molar-refractivity contribution in [2.75, 3.05) is 26.2 Å². The van der Waals surface area contributed by atoms with E-state index in [9.17, 15) is 13.2 Å². The molecule has 7 nitrogen and oxygen atoms in total. The quantitative estimate of drug-likeness (QED) is 0.715. The molecule has 0 radical (unpaired) electrons. The summed E-state index contributed by atoms with van der Waals surface area (Å²) in [6, 6.07) is 16.6. The Hall–Kier alpha value is -2.84. The lowest BCUT2D eigenvalue weighted by atomic mass is 10.2. The topological polar surface area (TPSA) is 74.7 Å². The minimum absolute atomic E-state index is 0.170. The summed E-state index contributed by atoms with van der Waals surface area (Å²) in [5.41, 5.74) is 2.02. The Morgan fingerprint density at radius 3 is 2.45 bits per heavy atom. The predicted molar refractivity (Wildman–Crippen MR) is 112 cm³/mol. The smallest absolute Gasteiger partial charge is 0.317 e. The van der Waals surface area contributed by atoms with E-state index in [1.54, 1.807) is 17.0 Å². The number of nitrogens with zero attached hydrogens (tertiary/aromatic N) is 3. The number of nitrogens with one attached hydrogen (secondary N) is 1. The summed E-state index contributed by atoms with van der Waals surface area (Å²) in [7, 11) is -1.65. The summed E-state index contributed by atoms with van der Waals surface area (Å²) in [5.74, 6) is 0. The number of benzene rings is 2. The third-order valence-electron chi connectivity index (χ3n) is 5.31. The van der Waals surface area contributed by atoms with Gasteiger partial charge in [0.15, 0.2) is 0 Å².